The third-order valence-electron chi connectivity index (χ3n) is 3.10. The number of hydrogen-bond donors (Lipinski definition) is 3. The predicted octanol–water partition coefficient (Wildman–Crippen LogP) is 1.90. The Balaban J connectivity index is 1.91. The summed E-state index contributed by atoms with van der Waals surface area (Å²) in [5.41, 5.74) is 6.84. The summed E-state index contributed by atoms with van der Waals surface area (Å²) in [7, 11) is 0. The number of hydrogen-bond acceptors (Lipinski definition) is 5. The van der Waals surface area contributed by atoms with E-state index in [1.165, 1.54) is 0 Å². The number of benzene rings is 1. The van der Waals surface area contributed by atoms with E-state index in [0.717, 1.165) is 15.4 Å². The van der Waals surface area contributed by atoms with Gasteiger partial charge in [0.25, 0.3) is 0 Å². The third-order valence-corrected chi connectivity index (χ3v) is 4.19. The molecule has 2 aromatic rings. The van der Waals surface area contributed by atoms with Crippen molar-refractivity contribution in [3.63, 3.8) is 0 Å². The van der Waals surface area contributed by atoms with Crippen molar-refractivity contribution in [3.05, 3.63) is 45.9 Å². The maximum absolute atomic E-state index is 12.1. The first-order chi connectivity index (χ1) is 9.95. The molecule has 1 heterocycles. The van der Waals surface area contributed by atoms with Crippen molar-refractivity contribution in [1.29, 1.82) is 0 Å². The number of rotatable bonds is 5. The van der Waals surface area contributed by atoms with Crippen LogP contribution >= 0.6 is 11.3 Å². The molecule has 2 atom stereocenters. The van der Waals surface area contributed by atoms with Crippen molar-refractivity contribution in [2.24, 2.45) is 5.73 Å². The maximum Gasteiger partial charge on any atom is 0.237 e. The summed E-state index contributed by atoms with van der Waals surface area (Å²) in [6.45, 7) is 3.87. The number of nitrogens with one attached hydrogen (secondary N) is 1. The van der Waals surface area contributed by atoms with Gasteiger partial charge in [0, 0.05) is 11.1 Å². The Labute approximate surface area is 127 Å². The molecule has 2 rings (SSSR count). The van der Waals surface area contributed by atoms with Crippen molar-refractivity contribution in [1.82, 2.24) is 10.3 Å². The first-order valence-electron chi connectivity index (χ1n) is 6.72. The standard InChI is InChI=1S/C15H19N3O2S/c1-9-8-17-15(21-9)10(2)18-14(20)13(16)7-11-3-5-12(19)6-4-11/h3-6,8,10,13,19H,7,16H2,1-2H3,(H,18,20)/t10?,13-/m0/s1. The number of carbonyl (C=O) groups excluding carboxylic acids is 1. The molecule has 1 aromatic carbocycles. The lowest BCUT2D eigenvalue weighted by molar-refractivity contribution is -0.123. The summed E-state index contributed by atoms with van der Waals surface area (Å²) >= 11 is 1.56. The average molecular weight is 305 g/mol. The Morgan fingerprint density at radius 3 is 2.67 bits per heavy atom. The summed E-state index contributed by atoms with van der Waals surface area (Å²) in [5, 5.41) is 13.0. The molecule has 21 heavy (non-hydrogen) atoms. The molecule has 0 aliphatic rings. The molecule has 0 aliphatic carbocycles. The topological polar surface area (TPSA) is 88.2 Å². The van der Waals surface area contributed by atoms with Gasteiger partial charge in [-0.2, -0.15) is 0 Å². The van der Waals surface area contributed by atoms with Gasteiger partial charge < -0.3 is 16.2 Å². The lowest BCUT2D eigenvalue weighted by Crippen LogP contribution is -2.42. The number of aromatic nitrogens is 1. The number of aromatic hydroxyl groups is 1. The van der Waals surface area contributed by atoms with Crippen LogP contribution < -0.4 is 11.1 Å². The van der Waals surface area contributed by atoms with Crippen molar-refractivity contribution >= 4 is 17.2 Å². The monoisotopic (exact) mass is 305 g/mol. The van der Waals surface area contributed by atoms with Crippen LogP contribution in [0.5, 0.6) is 5.75 Å². The molecule has 0 aliphatic heterocycles. The second kappa shape index (κ2) is 6.69. The summed E-state index contributed by atoms with van der Waals surface area (Å²) in [6.07, 6.45) is 2.22. The van der Waals surface area contributed by atoms with Crippen LogP contribution in [0, 0.1) is 6.92 Å². The van der Waals surface area contributed by atoms with Gasteiger partial charge in [-0.05, 0) is 38.0 Å². The van der Waals surface area contributed by atoms with Crippen LogP contribution in [0.1, 0.15) is 28.4 Å². The van der Waals surface area contributed by atoms with Crippen LogP contribution in [0.15, 0.2) is 30.5 Å². The van der Waals surface area contributed by atoms with Gasteiger partial charge in [-0.15, -0.1) is 11.3 Å². The van der Waals surface area contributed by atoms with Gasteiger partial charge in [0.2, 0.25) is 5.91 Å². The number of nitrogens with two attached hydrogens (primary N) is 1. The first kappa shape index (κ1) is 15.5. The fourth-order valence-corrected chi connectivity index (χ4v) is 2.71. The van der Waals surface area contributed by atoms with Crippen molar-refractivity contribution in [3.8, 4) is 5.75 Å². The minimum absolute atomic E-state index is 0.151. The van der Waals surface area contributed by atoms with E-state index in [1.54, 1.807) is 41.8 Å². The Morgan fingerprint density at radius 1 is 1.43 bits per heavy atom. The van der Waals surface area contributed by atoms with Gasteiger partial charge in [-0.3, -0.25) is 4.79 Å². The van der Waals surface area contributed by atoms with E-state index in [1.807, 2.05) is 13.8 Å². The highest BCUT2D eigenvalue weighted by Crippen LogP contribution is 2.19. The molecule has 112 valence electrons. The molecule has 4 N–H and O–H groups in total. The zero-order chi connectivity index (χ0) is 15.4. The lowest BCUT2D eigenvalue weighted by atomic mass is 10.1. The van der Waals surface area contributed by atoms with Gasteiger partial charge >= 0.3 is 0 Å². The van der Waals surface area contributed by atoms with Gasteiger partial charge in [-0.25, -0.2) is 4.98 Å². The number of aryl methyl sites for hydroxylation is 1. The number of carbonyl (C=O) groups is 1. The Kier molecular flexibility index (Phi) is 4.93. The molecular weight excluding hydrogens is 286 g/mol. The number of phenols is 1. The SMILES string of the molecule is Cc1cnc(C(C)NC(=O)[C@@H](N)Cc2ccc(O)cc2)s1. The zero-order valence-corrected chi connectivity index (χ0v) is 12.9. The van der Waals surface area contributed by atoms with Crippen molar-refractivity contribution < 1.29 is 9.90 Å². The molecule has 1 aromatic heterocycles. The van der Waals surface area contributed by atoms with E-state index in [9.17, 15) is 9.90 Å². The quantitative estimate of drug-likeness (QED) is 0.787. The van der Waals surface area contributed by atoms with Gasteiger partial charge in [0.05, 0.1) is 12.1 Å². The molecule has 1 unspecified atom stereocenters. The lowest BCUT2D eigenvalue weighted by Gasteiger charge is -2.16. The Bertz CT molecular complexity index is 610. The van der Waals surface area contributed by atoms with Gasteiger partial charge in [0.1, 0.15) is 10.8 Å². The van der Waals surface area contributed by atoms with Gasteiger partial charge in [0.15, 0.2) is 0 Å². The fourth-order valence-electron chi connectivity index (χ4n) is 1.93. The van der Waals surface area contributed by atoms with E-state index in [0.29, 0.717) is 6.42 Å². The molecule has 0 spiro atoms. The second-order valence-corrected chi connectivity index (χ2v) is 6.28. The van der Waals surface area contributed by atoms with Crippen molar-refractivity contribution in [2.45, 2.75) is 32.4 Å². The molecule has 0 radical (unpaired) electrons. The Hall–Kier alpha value is -1.92. The summed E-state index contributed by atoms with van der Waals surface area (Å²) in [6, 6.07) is 5.91. The normalized spacial score (nSPS) is 13.7. The van der Waals surface area contributed by atoms with Crippen LogP contribution in [0.25, 0.3) is 0 Å². The van der Waals surface area contributed by atoms with E-state index in [4.69, 9.17) is 5.73 Å². The molecule has 0 saturated carbocycles. The average Bonchev–Trinajstić information content (AvgIpc) is 2.88. The first-order valence-corrected chi connectivity index (χ1v) is 7.53. The summed E-state index contributed by atoms with van der Waals surface area (Å²) in [4.78, 5) is 17.5. The minimum atomic E-state index is -0.627. The molecule has 6 heteroatoms. The molecular formula is C15H19N3O2S. The van der Waals surface area contributed by atoms with Crippen LogP contribution in [-0.2, 0) is 11.2 Å². The predicted molar refractivity (Wildman–Crippen MR) is 83.2 cm³/mol. The minimum Gasteiger partial charge on any atom is -0.508 e. The number of phenolic OH excluding ortho intramolecular Hbond substituents is 1. The smallest absolute Gasteiger partial charge is 0.237 e. The van der Waals surface area contributed by atoms with Crippen molar-refractivity contribution in [2.75, 3.05) is 0 Å². The van der Waals surface area contributed by atoms with E-state index >= 15 is 0 Å². The second-order valence-electron chi connectivity index (χ2n) is 5.02. The van der Waals surface area contributed by atoms with Crippen LogP contribution in [-0.4, -0.2) is 22.0 Å². The molecule has 0 saturated heterocycles. The fraction of sp³-hybridized carbons (Fsp3) is 0.333. The maximum atomic E-state index is 12.1. The van der Waals surface area contributed by atoms with Crippen LogP contribution in [0.4, 0.5) is 0 Å². The molecule has 5 nitrogen and oxygen atoms in total. The highest BCUT2D eigenvalue weighted by atomic mass is 32.1. The van der Waals surface area contributed by atoms with E-state index in [2.05, 4.69) is 10.3 Å². The highest BCUT2D eigenvalue weighted by Gasteiger charge is 2.18. The number of amides is 1. The summed E-state index contributed by atoms with van der Waals surface area (Å²) in [5.74, 6) is -0.00652. The largest absolute Gasteiger partial charge is 0.508 e. The molecule has 0 bridgehead atoms. The van der Waals surface area contributed by atoms with E-state index < -0.39 is 6.04 Å². The number of nitrogens with zero attached hydrogens (tertiary/aromatic N) is 1. The van der Waals surface area contributed by atoms with E-state index in [-0.39, 0.29) is 17.7 Å². The third kappa shape index (κ3) is 4.27. The zero-order valence-electron chi connectivity index (χ0n) is 12.0. The molecule has 0 fully saturated rings. The highest BCUT2D eigenvalue weighted by molar-refractivity contribution is 7.11. The summed E-state index contributed by atoms with van der Waals surface area (Å²) < 4.78 is 0. The van der Waals surface area contributed by atoms with Crippen LogP contribution in [0.3, 0.4) is 0 Å². The van der Waals surface area contributed by atoms with Gasteiger partial charge in [-0.1, -0.05) is 12.1 Å². The Morgan fingerprint density at radius 2 is 2.10 bits per heavy atom. The number of thiazole rings is 1. The van der Waals surface area contributed by atoms with Crippen LogP contribution in [0.2, 0.25) is 0 Å². The molecule has 1 amide bonds.